The monoisotopic (exact) mass is 231 g/mol. The van der Waals surface area contributed by atoms with E-state index in [-0.39, 0.29) is 11.2 Å². The highest BCUT2D eigenvalue weighted by atomic mass is 16.1. The summed E-state index contributed by atoms with van der Waals surface area (Å²) < 4.78 is 0. The Morgan fingerprint density at radius 2 is 1.65 bits per heavy atom. The predicted molar refractivity (Wildman–Crippen MR) is 72.3 cm³/mol. The molecule has 0 unspecified atom stereocenters. The minimum absolute atomic E-state index is 0.0409. The fourth-order valence-electron chi connectivity index (χ4n) is 1.45. The fraction of sp³-hybridized carbons (Fsp3) is 0.400. The first-order chi connectivity index (χ1) is 7.80. The van der Waals surface area contributed by atoms with E-state index in [4.69, 9.17) is 0 Å². The summed E-state index contributed by atoms with van der Waals surface area (Å²) in [5, 5.41) is 0. The molecule has 2 nitrogen and oxygen atoms in total. The van der Waals surface area contributed by atoms with Gasteiger partial charge in [0.1, 0.15) is 0 Å². The molecule has 0 aliphatic rings. The molecule has 1 aromatic carbocycles. The first-order valence-electron chi connectivity index (χ1n) is 5.80. The van der Waals surface area contributed by atoms with Crippen LogP contribution in [0.4, 0.5) is 0 Å². The molecule has 0 radical (unpaired) electrons. The molecule has 0 bridgehead atoms. The van der Waals surface area contributed by atoms with Gasteiger partial charge in [0.25, 0.3) is 0 Å². The SMILES string of the molecule is CN(C)C=CC(=O)c1ccc(C(C)(C)C)cc1. The van der Waals surface area contributed by atoms with Crippen LogP contribution in [0.5, 0.6) is 0 Å². The summed E-state index contributed by atoms with van der Waals surface area (Å²) in [5.74, 6) is 0.0409. The van der Waals surface area contributed by atoms with Crippen LogP contribution in [0, 0.1) is 0 Å². The van der Waals surface area contributed by atoms with Gasteiger partial charge in [-0.3, -0.25) is 4.79 Å². The highest BCUT2D eigenvalue weighted by Gasteiger charge is 2.13. The maximum Gasteiger partial charge on any atom is 0.187 e. The van der Waals surface area contributed by atoms with Gasteiger partial charge in [0, 0.05) is 31.9 Å². The van der Waals surface area contributed by atoms with Gasteiger partial charge in [-0.25, -0.2) is 0 Å². The zero-order valence-corrected chi connectivity index (χ0v) is 11.3. The second-order valence-corrected chi connectivity index (χ2v) is 5.47. The lowest BCUT2D eigenvalue weighted by molar-refractivity contribution is 0.104. The van der Waals surface area contributed by atoms with Gasteiger partial charge in [-0.15, -0.1) is 0 Å². The largest absolute Gasteiger partial charge is 0.383 e. The number of ketones is 1. The third kappa shape index (κ3) is 4.06. The minimum atomic E-state index is 0.0409. The Balaban J connectivity index is 2.85. The Hall–Kier alpha value is -1.57. The summed E-state index contributed by atoms with van der Waals surface area (Å²) in [6, 6.07) is 7.83. The van der Waals surface area contributed by atoms with Crippen molar-refractivity contribution in [1.82, 2.24) is 4.90 Å². The van der Waals surface area contributed by atoms with Crippen molar-refractivity contribution in [3.63, 3.8) is 0 Å². The van der Waals surface area contributed by atoms with Gasteiger partial charge in [-0.1, -0.05) is 45.0 Å². The van der Waals surface area contributed by atoms with E-state index in [1.54, 1.807) is 12.3 Å². The van der Waals surface area contributed by atoms with E-state index >= 15 is 0 Å². The lowest BCUT2D eigenvalue weighted by atomic mass is 9.86. The van der Waals surface area contributed by atoms with Gasteiger partial charge in [0.15, 0.2) is 5.78 Å². The quantitative estimate of drug-likeness (QED) is 0.588. The molecule has 0 aliphatic carbocycles. The van der Waals surface area contributed by atoms with Crippen LogP contribution in [0.3, 0.4) is 0 Å². The van der Waals surface area contributed by atoms with Crippen LogP contribution in [0.25, 0.3) is 0 Å². The van der Waals surface area contributed by atoms with Crippen molar-refractivity contribution in [2.24, 2.45) is 0 Å². The van der Waals surface area contributed by atoms with Gasteiger partial charge < -0.3 is 4.90 Å². The van der Waals surface area contributed by atoms with Crippen molar-refractivity contribution in [3.05, 3.63) is 47.7 Å². The van der Waals surface area contributed by atoms with E-state index in [0.29, 0.717) is 0 Å². The van der Waals surface area contributed by atoms with Crippen molar-refractivity contribution in [1.29, 1.82) is 0 Å². The molecule has 0 atom stereocenters. The Kier molecular flexibility index (Phi) is 4.11. The maximum atomic E-state index is 11.8. The molecule has 0 aliphatic heterocycles. The highest BCUT2D eigenvalue weighted by Crippen LogP contribution is 2.22. The average Bonchev–Trinajstić information content (AvgIpc) is 2.25. The summed E-state index contributed by atoms with van der Waals surface area (Å²) in [7, 11) is 3.79. The lowest BCUT2D eigenvalue weighted by Crippen LogP contribution is -2.11. The Labute approximate surface area is 104 Å². The van der Waals surface area contributed by atoms with Crippen LogP contribution in [0.15, 0.2) is 36.5 Å². The number of benzene rings is 1. The van der Waals surface area contributed by atoms with Crippen molar-refractivity contribution in [2.45, 2.75) is 26.2 Å². The molecule has 0 spiro atoms. The zero-order valence-electron chi connectivity index (χ0n) is 11.3. The second kappa shape index (κ2) is 5.17. The van der Waals surface area contributed by atoms with Crippen LogP contribution in [-0.4, -0.2) is 24.8 Å². The van der Waals surface area contributed by atoms with Crippen molar-refractivity contribution >= 4 is 5.78 Å². The van der Waals surface area contributed by atoms with E-state index in [1.807, 2.05) is 43.3 Å². The maximum absolute atomic E-state index is 11.8. The molecule has 1 aromatic rings. The smallest absolute Gasteiger partial charge is 0.187 e. The topological polar surface area (TPSA) is 20.3 Å². The molecular weight excluding hydrogens is 210 g/mol. The molecule has 0 N–H and O–H groups in total. The minimum Gasteiger partial charge on any atom is -0.383 e. The van der Waals surface area contributed by atoms with Gasteiger partial charge in [0.05, 0.1) is 0 Å². The molecule has 92 valence electrons. The Bertz CT molecular complexity index is 408. The number of hydrogen-bond acceptors (Lipinski definition) is 2. The van der Waals surface area contributed by atoms with E-state index in [9.17, 15) is 4.79 Å². The zero-order chi connectivity index (χ0) is 13.1. The number of allylic oxidation sites excluding steroid dienone is 1. The Morgan fingerprint density at radius 3 is 2.06 bits per heavy atom. The first-order valence-corrected chi connectivity index (χ1v) is 5.80. The molecule has 0 heterocycles. The van der Waals surface area contributed by atoms with Crippen LogP contribution >= 0.6 is 0 Å². The van der Waals surface area contributed by atoms with E-state index < -0.39 is 0 Å². The Morgan fingerprint density at radius 1 is 1.12 bits per heavy atom. The number of carbonyl (C=O) groups excluding carboxylic acids is 1. The van der Waals surface area contributed by atoms with Gasteiger partial charge in [-0.05, 0) is 11.0 Å². The van der Waals surface area contributed by atoms with E-state index in [1.165, 1.54) is 5.56 Å². The summed E-state index contributed by atoms with van der Waals surface area (Å²) in [6.07, 6.45) is 3.35. The summed E-state index contributed by atoms with van der Waals surface area (Å²) in [5.41, 5.74) is 2.10. The molecule has 0 saturated carbocycles. The van der Waals surface area contributed by atoms with Crippen LogP contribution in [-0.2, 0) is 5.41 Å². The molecule has 17 heavy (non-hydrogen) atoms. The van der Waals surface area contributed by atoms with Crippen LogP contribution < -0.4 is 0 Å². The summed E-state index contributed by atoms with van der Waals surface area (Å²) in [4.78, 5) is 13.6. The normalized spacial score (nSPS) is 11.8. The third-order valence-corrected chi connectivity index (χ3v) is 2.56. The van der Waals surface area contributed by atoms with Crippen LogP contribution in [0.2, 0.25) is 0 Å². The molecule has 2 heteroatoms. The summed E-state index contributed by atoms with van der Waals surface area (Å²) in [6.45, 7) is 6.49. The highest BCUT2D eigenvalue weighted by molar-refractivity contribution is 6.04. The standard InChI is InChI=1S/C15H21NO/c1-15(2,3)13-8-6-12(7-9-13)14(17)10-11-16(4)5/h6-11H,1-5H3. The number of carbonyl (C=O) groups is 1. The van der Waals surface area contributed by atoms with Gasteiger partial charge in [0.2, 0.25) is 0 Å². The first kappa shape index (κ1) is 13.5. The average molecular weight is 231 g/mol. The second-order valence-electron chi connectivity index (χ2n) is 5.47. The number of nitrogens with zero attached hydrogens (tertiary/aromatic N) is 1. The van der Waals surface area contributed by atoms with Gasteiger partial charge >= 0.3 is 0 Å². The van der Waals surface area contributed by atoms with E-state index in [2.05, 4.69) is 20.8 Å². The van der Waals surface area contributed by atoms with Crippen LogP contribution in [0.1, 0.15) is 36.7 Å². The molecule has 0 amide bonds. The van der Waals surface area contributed by atoms with Crippen molar-refractivity contribution in [3.8, 4) is 0 Å². The molecule has 0 saturated heterocycles. The molecule has 0 fully saturated rings. The van der Waals surface area contributed by atoms with Crippen molar-refractivity contribution < 1.29 is 4.79 Å². The van der Waals surface area contributed by atoms with Crippen molar-refractivity contribution in [2.75, 3.05) is 14.1 Å². The predicted octanol–water partition coefficient (Wildman–Crippen LogP) is 3.24. The molecular formula is C15H21NO. The third-order valence-electron chi connectivity index (χ3n) is 2.56. The van der Waals surface area contributed by atoms with E-state index in [0.717, 1.165) is 5.56 Å². The molecule has 1 rings (SSSR count). The lowest BCUT2D eigenvalue weighted by Gasteiger charge is -2.18. The van der Waals surface area contributed by atoms with Gasteiger partial charge in [-0.2, -0.15) is 0 Å². The number of hydrogen-bond donors (Lipinski definition) is 0. The summed E-state index contributed by atoms with van der Waals surface area (Å²) >= 11 is 0. The number of rotatable bonds is 3. The molecule has 0 aromatic heterocycles. The fourth-order valence-corrected chi connectivity index (χ4v) is 1.45.